The van der Waals surface area contributed by atoms with E-state index in [2.05, 4.69) is 26.1 Å². The summed E-state index contributed by atoms with van der Waals surface area (Å²) in [7, 11) is -4.06. The summed E-state index contributed by atoms with van der Waals surface area (Å²) in [6.45, 7) is 7.05. The van der Waals surface area contributed by atoms with Crippen molar-refractivity contribution in [2.45, 2.75) is 97.2 Å². The van der Waals surface area contributed by atoms with Crippen LogP contribution in [0.2, 0.25) is 0 Å². The van der Waals surface area contributed by atoms with Gasteiger partial charge in [0, 0.05) is 13.0 Å². The van der Waals surface area contributed by atoms with Gasteiger partial charge in [-0.25, -0.2) is 0 Å². The Bertz CT molecular complexity index is 863. The Morgan fingerprint density at radius 2 is 1.71 bits per heavy atom. The van der Waals surface area contributed by atoms with Gasteiger partial charge in [0.05, 0.1) is 18.0 Å². The second-order valence-corrected chi connectivity index (χ2v) is 14.2. The molecule has 4 fully saturated rings. The summed E-state index contributed by atoms with van der Waals surface area (Å²) in [5.74, 6) is 2.10. The van der Waals surface area contributed by atoms with Crippen molar-refractivity contribution in [2.75, 3.05) is 12.3 Å². The van der Waals surface area contributed by atoms with E-state index in [1.165, 1.54) is 6.42 Å². The molecule has 1 amide bonds. The van der Waals surface area contributed by atoms with Crippen LogP contribution < -0.4 is 5.32 Å². The molecule has 4 rings (SSSR count). The molecule has 0 aromatic heterocycles. The second-order valence-electron chi connectivity index (χ2n) is 12.6. The number of nitrogens with one attached hydrogen (secondary N) is 1. The first-order valence-corrected chi connectivity index (χ1v) is 15.0. The molecule has 34 heavy (non-hydrogen) atoms. The predicted octanol–water partition coefficient (Wildman–Crippen LogP) is 3.40. The minimum Gasteiger partial charge on any atom is -0.393 e. The van der Waals surface area contributed by atoms with Gasteiger partial charge in [-0.1, -0.05) is 20.8 Å². The van der Waals surface area contributed by atoms with Crippen molar-refractivity contribution >= 4 is 16.0 Å². The Labute approximate surface area is 205 Å². The lowest BCUT2D eigenvalue weighted by molar-refractivity contribution is -0.174. The number of rotatable bonds is 7. The van der Waals surface area contributed by atoms with Gasteiger partial charge in [0.2, 0.25) is 5.91 Å². The molecule has 7 nitrogen and oxygen atoms in total. The van der Waals surface area contributed by atoms with Gasteiger partial charge < -0.3 is 15.5 Å². The Morgan fingerprint density at radius 1 is 1.03 bits per heavy atom. The Kier molecular flexibility index (Phi) is 7.47. The smallest absolute Gasteiger partial charge is 0.266 e. The number of carbonyl (C=O) groups is 1. The van der Waals surface area contributed by atoms with Crippen molar-refractivity contribution in [3.05, 3.63) is 0 Å². The molecule has 196 valence electrons. The molecular formula is C26H45NO6S. The van der Waals surface area contributed by atoms with Crippen LogP contribution in [0.15, 0.2) is 0 Å². The quantitative estimate of drug-likeness (QED) is 0.398. The third-order valence-corrected chi connectivity index (χ3v) is 11.6. The molecule has 0 heterocycles. The maximum atomic E-state index is 12.2. The van der Waals surface area contributed by atoms with E-state index in [4.69, 9.17) is 4.55 Å². The summed E-state index contributed by atoms with van der Waals surface area (Å²) in [4.78, 5) is 12.2. The van der Waals surface area contributed by atoms with Crippen LogP contribution in [-0.4, -0.2) is 53.6 Å². The Morgan fingerprint density at radius 3 is 2.41 bits per heavy atom. The molecule has 0 spiro atoms. The second kappa shape index (κ2) is 9.64. The lowest BCUT2D eigenvalue weighted by Gasteiger charge is -2.62. The molecule has 4 aliphatic rings. The normalized spacial score (nSPS) is 45.1. The minimum atomic E-state index is -4.06. The van der Waals surface area contributed by atoms with Gasteiger partial charge in [0.25, 0.3) is 10.1 Å². The van der Waals surface area contributed by atoms with Crippen LogP contribution in [-0.2, 0) is 14.9 Å². The monoisotopic (exact) mass is 499 g/mol. The zero-order valence-corrected chi connectivity index (χ0v) is 21.9. The lowest BCUT2D eigenvalue weighted by atomic mass is 9.43. The van der Waals surface area contributed by atoms with Crippen molar-refractivity contribution in [3.8, 4) is 0 Å². The zero-order valence-electron chi connectivity index (χ0n) is 21.1. The lowest BCUT2D eigenvalue weighted by Crippen LogP contribution is -2.58. The highest BCUT2D eigenvalue weighted by Gasteiger charge is 2.62. The van der Waals surface area contributed by atoms with Crippen LogP contribution in [0, 0.1) is 46.3 Å². The van der Waals surface area contributed by atoms with Gasteiger partial charge in [0.1, 0.15) is 0 Å². The summed E-state index contributed by atoms with van der Waals surface area (Å²) in [5.41, 5.74) is 0.411. The summed E-state index contributed by atoms with van der Waals surface area (Å²) in [6.07, 6.45) is 8.87. The fourth-order valence-electron chi connectivity index (χ4n) is 9.14. The minimum absolute atomic E-state index is 0.0625. The van der Waals surface area contributed by atoms with Gasteiger partial charge in [-0.15, -0.1) is 0 Å². The Hall–Kier alpha value is -0.700. The van der Waals surface area contributed by atoms with Gasteiger partial charge in [-0.05, 0) is 104 Å². The fraction of sp³-hybridized carbons (Fsp3) is 0.962. The first kappa shape index (κ1) is 26.4. The fourth-order valence-corrected chi connectivity index (χ4v) is 9.50. The molecule has 0 saturated heterocycles. The summed E-state index contributed by atoms with van der Waals surface area (Å²) >= 11 is 0. The van der Waals surface area contributed by atoms with Gasteiger partial charge >= 0.3 is 0 Å². The van der Waals surface area contributed by atoms with Gasteiger partial charge in [-0.2, -0.15) is 8.42 Å². The average molecular weight is 500 g/mol. The number of aliphatic hydroxyl groups excluding tert-OH is 2. The number of hydrogen-bond acceptors (Lipinski definition) is 5. The van der Waals surface area contributed by atoms with Crippen molar-refractivity contribution in [2.24, 2.45) is 46.3 Å². The standard InChI is InChI=1S/C26H45NO6S/c1-16(4-7-23(30)27-12-13-34(31,32)33)19-5-6-20-24-21(9-11-26(19,20)3)25(2)10-8-18(28)14-17(25)15-22(24)29/h16-22,24,28-29H,4-15H2,1-3H3,(H,27,30)(H,31,32,33)/t16-,17+,18+,19+,20-,21+,22-,24-,25-,26-/m1/s1. The van der Waals surface area contributed by atoms with E-state index in [0.29, 0.717) is 41.9 Å². The number of fused-ring (bicyclic) bond motifs is 5. The van der Waals surface area contributed by atoms with Crippen LogP contribution in [0.4, 0.5) is 0 Å². The average Bonchev–Trinajstić information content (AvgIpc) is 3.09. The van der Waals surface area contributed by atoms with Crippen LogP contribution in [0.25, 0.3) is 0 Å². The van der Waals surface area contributed by atoms with E-state index in [1.807, 2.05) is 0 Å². The number of amides is 1. The van der Waals surface area contributed by atoms with Crippen LogP contribution in [0.1, 0.15) is 85.0 Å². The molecule has 0 unspecified atom stereocenters. The highest BCUT2D eigenvalue weighted by atomic mass is 32.2. The van der Waals surface area contributed by atoms with E-state index >= 15 is 0 Å². The SMILES string of the molecule is C[C@H](CCC(=O)NCCS(=O)(=O)O)[C@@H]1CC[C@@H]2[C@H]3[C@H](O)C[C@@H]4C[C@@H](O)CC[C@@]4(C)[C@H]3CC[C@@]21C. The molecule has 0 radical (unpaired) electrons. The van der Waals surface area contributed by atoms with E-state index in [9.17, 15) is 23.4 Å². The third-order valence-electron chi connectivity index (χ3n) is 10.9. The van der Waals surface area contributed by atoms with E-state index in [1.54, 1.807) is 0 Å². The molecule has 0 aromatic rings. The highest BCUT2D eigenvalue weighted by Crippen LogP contribution is 2.68. The molecule has 0 aromatic carbocycles. The molecule has 0 bridgehead atoms. The first-order chi connectivity index (χ1) is 15.8. The van der Waals surface area contributed by atoms with E-state index in [-0.39, 0.29) is 35.5 Å². The molecule has 0 aliphatic heterocycles. The van der Waals surface area contributed by atoms with E-state index < -0.39 is 15.9 Å². The number of aliphatic hydroxyl groups is 2. The molecule has 4 aliphatic carbocycles. The maximum Gasteiger partial charge on any atom is 0.266 e. The van der Waals surface area contributed by atoms with Crippen molar-refractivity contribution < 1.29 is 28.0 Å². The third kappa shape index (κ3) is 4.94. The van der Waals surface area contributed by atoms with Crippen molar-refractivity contribution in [1.29, 1.82) is 0 Å². The van der Waals surface area contributed by atoms with Gasteiger partial charge in [-0.3, -0.25) is 9.35 Å². The number of carbonyl (C=O) groups excluding carboxylic acids is 1. The molecule has 4 N–H and O–H groups in total. The summed E-state index contributed by atoms with van der Waals surface area (Å²) in [6, 6.07) is 0. The first-order valence-electron chi connectivity index (χ1n) is 13.4. The highest BCUT2D eigenvalue weighted by molar-refractivity contribution is 7.85. The van der Waals surface area contributed by atoms with Crippen LogP contribution in [0.5, 0.6) is 0 Å². The van der Waals surface area contributed by atoms with Gasteiger partial charge in [0.15, 0.2) is 0 Å². The topological polar surface area (TPSA) is 124 Å². The molecular weight excluding hydrogens is 454 g/mol. The van der Waals surface area contributed by atoms with Crippen molar-refractivity contribution in [1.82, 2.24) is 5.32 Å². The van der Waals surface area contributed by atoms with Crippen LogP contribution >= 0.6 is 0 Å². The predicted molar refractivity (Wildman–Crippen MR) is 130 cm³/mol. The molecule has 8 heteroatoms. The van der Waals surface area contributed by atoms with Crippen molar-refractivity contribution in [3.63, 3.8) is 0 Å². The zero-order chi connectivity index (χ0) is 24.9. The summed E-state index contributed by atoms with van der Waals surface area (Å²) in [5, 5.41) is 24.2. The summed E-state index contributed by atoms with van der Waals surface area (Å²) < 4.78 is 30.5. The van der Waals surface area contributed by atoms with Crippen LogP contribution in [0.3, 0.4) is 0 Å². The number of hydrogen-bond donors (Lipinski definition) is 4. The Balaban J connectivity index is 1.39. The molecule has 10 atom stereocenters. The maximum absolute atomic E-state index is 12.2. The van der Waals surface area contributed by atoms with E-state index in [0.717, 1.165) is 51.4 Å². The largest absolute Gasteiger partial charge is 0.393 e. The molecule has 4 saturated carbocycles.